The molecular weight excluding hydrogens is 170 g/mol. The van der Waals surface area contributed by atoms with Gasteiger partial charge in [0.05, 0.1) is 11.9 Å². The van der Waals surface area contributed by atoms with Crippen molar-refractivity contribution in [2.75, 3.05) is 6.54 Å². The van der Waals surface area contributed by atoms with E-state index >= 15 is 0 Å². The Bertz CT molecular complexity index is 282. The Balaban J connectivity index is 2.20. The fraction of sp³-hybridized carbons (Fsp3) is 0.571. The molecule has 0 fully saturated rings. The molecule has 1 heterocycles. The van der Waals surface area contributed by atoms with Crippen LogP contribution in [0.1, 0.15) is 12.1 Å². The van der Waals surface area contributed by atoms with Crippen LogP contribution in [0.15, 0.2) is 6.20 Å². The molecule has 0 aliphatic heterocycles. The van der Waals surface area contributed by atoms with Gasteiger partial charge in [-0.3, -0.25) is 9.48 Å². The number of carbonyl (C=O) groups excluding carboxylic acids is 1. The molecule has 0 spiro atoms. The third-order valence-corrected chi connectivity index (χ3v) is 1.66. The Hall–Kier alpha value is -1.43. The molecule has 0 aliphatic rings. The van der Waals surface area contributed by atoms with Crippen LogP contribution in [0.5, 0.6) is 0 Å². The summed E-state index contributed by atoms with van der Waals surface area (Å²) in [5.41, 5.74) is 5.95. The minimum absolute atomic E-state index is 0.296. The number of rotatable bonds is 5. The molecule has 1 amide bonds. The largest absolute Gasteiger partial charge is 0.370 e. The number of hydrogen-bond donors (Lipinski definition) is 2. The van der Waals surface area contributed by atoms with Gasteiger partial charge in [0.1, 0.15) is 0 Å². The van der Waals surface area contributed by atoms with Crippen molar-refractivity contribution in [3.63, 3.8) is 0 Å². The van der Waals surface area contributed by atoms with Crippen molar-refractivity contribution >= 4 is 5.91 Å². The van der Waals surface area contributed by atoms with Crippen molar-refractivity contribution in [1.82, 2.24) is 20.3 Å². The van der Waals surface area contributed by atoms with Crippen LogP contribution in [0, 0.1) is 0 Å². The molecular formula is C7H13N5O. The highest BCUT2D eigenvalue weighted by Gasteiger charge is 1.98. The van der Waals surface area contributed by atoms with Gasteiger partial charge in [-0.1, -0.05) is 5.21 Å². The highest BCUT2D eigenvalue weighted by atomic mass is 16.1. The number of aromatic nitrogens is 3. The summed E-state index contributed by atoms with van der Waals surface area (Å²) < 4.78 is 1.68. The van der Waals surface area contributed by atoms with Crippen LogP contribution < -0.4 is 11.1 Å². The average Bonchev–Trinajstić information content (AvgIpc) is 2.45. The number of carbonyl (C=O) groups is 1. The van der Waals surface area contributed by atoms with E-state index in [0.717, 1.165) is 5.69 Å². The molecule has 1 rings (SSSR count). The van der Waals surface area contributed by atoms with Gasteiger partial charge < -0.3 is 11.1 Å². The van der Waals surface area contributed by atoms with Crippen molar-refractivity contribution in [3.8, 4) is 0 Å². The summed E-state index contributed by atoms with van der Waals surface area (Å²) >= 11 is 0. The molecule has 0 radical (unpaired) electrons. The molecule has 0 atom stereocenters. The fourth-order valence-corrected chi connectivity index (χ4v) is 0.899. The quantitative estimate of drug-likeness (QED) is 0.560. The monoisotopic (exact) mass is 183 g/mol. The molecule has 6 heteroatoms. The Kier molecular flexibility index (Phi) is 3.39. The molecule has 1 aromatic heterocycles. The minimum Gasteiger partial charge on any atom is -0.370 e. The Morgan fingerprint density at radius 3 is 3.08 bits per heavy atom. The van der Waals surface area contributed by atoms with E-state index in [-0.39, 0.29) is 5.91 Å². The van der Waals surface area contributed by atoms with Gasteiger partial charge in [-0.15, -0.1) is 5.10 Å². The fourth-order valence-electron chi connectivity index (χ4n) is 0.899. The van der Waals surface area contributed by atoms with Crippen molar-refractivity contribution in [3.05, 3.63) is 11.9 Å². The summed E-state index contributed by atoms with van der Waals surface area (Å²) in [5, 5.41) is 10.5. The number of hydrogen-bond acceptors (Lipinski definition) is 4. The zero-order chi connectivity index (χ0) is 9.68. The van der Waals surface area contributed by atoms with E-state index in [2.05, 4.69) is 15.6 Å². The second kappa shape index (κ2) is 4.56. The van der Waals surface area contributed by atoms with E-state index in [4.69, 9.17) is 5.73 Å². The molecule has 0 aliphatic carbocycles. The summed E-state index contributed by atoms with van der Waals surface area (Å²) in [6.07, 6.45) is 2.03. The van der Waals surface area contributed by atoms with Crippen molar-refractivity contribution < 1.29 is 4.79 Å². The second-order valence-corrected chi connectivity index (χ2v) is 2.74. The lowest BCUT2D eigenvalue weighted by Crippen LogP contribution is -2.22. The number of nitrogens with zero attached hydrogens (tertiary/aromatic N) is 3. The van der Waals surface area contributed by atoms with Crippen LogP contribution in [0.25, 0.3) is 0 Å². The van der Waals surface area contributed by atoms with E-state index in [0.29, 0.717) is 19.5 Å². The molecule has 6 nitrogen and oxygen atoms in total. The van der Waals surface area contributed by atoms with Crippen LogP contribution in [-0.4, -0.2) is 27.4 Å². The molecule has 13 heavy (non-hydrogen) atoms. The topological polar surface area (TPSA) is 85.8 Å². The standard InChI is InChI=1S/C7H13N5O/c1-12-6(5-10-11-12)4-9-3-2-7(8)13/h5,9H,2-4H2,1H3,(H2,8,13). The van der Waals surface area contributed by atoms with E-state index in [1.807, 2.05) is 7.05 Å². The maximum Gasteiger partial charge on any atom is 0.218 e. The third kappa shape index (κ3) is 3.20. The summed E-state index contributed by atoms with van der Waals surface area (Å²) in [6.45, 7) is 1.23. The molecule has 0 saturated heterocycles. The predicted molar refractivity (Wildman–Crippen MR) is 46.5 cm³/mol. The summed E-state index contributed by atoms with van der Waals surface area (Å²) in [6, 6.07) is 0. The number of nitrogens with two attached hydrogens (primary N) is 1. The van der Waals surface area contributed by atoms with E-state index in [1.54, 1.807) is 10.9 Å². The molecule has 0 aromatic carbocycles. The van der Waals surface area contributed by atoms with Crippen molar-refractivity contribution in [2.24, 2.45) is 12.8 Å². The highest BCUT2D eigenvalue weighted by molar-refractivity contribution is 5.73. The normalized spacial score (nSPS) is 10.2. The Morgan fingerprint density at radius 2 is 2.54 bits per heavy atom. The Morgan fingerprint density at radius 1 is 1.77 bits per heavy atom. The zero-order valence-electron chi connectivity index (χ0n) is 7.53. The van der Waals surface area contributed by atoms with E-state index in [9.17, 15) is 4.79 Å². The van der Waals surface area contributed by atoms with Crippen molar-refractivity contribution in [1.29, 1.82) is 0 Å². The molecule has 3 N–H and O–H groups in total. The first-order valence-corrected chi connectivity index (χ1v) is 4.02. The third-order valence-electron chi connectivity index (χ3n) is 1.66. The van der Waals surface area contributed by atoms with Crippen LogP contribution in [0.2, 0.25) is 0 Å². The second-order valence-electron chi connectivity index (χ2n) is 2.74. The number of nitrogens with one attached hydrogen (secondary N) is 1. The average molecular weight is 183 g/mol. The van der Waals surface area contributed by atoms with Gasteiger partial charge >= 0.3 is 0 Å². The van der Waals surface area contributed by atoms with Crippen molar-refractivity contribution in [2.45, 2.75) is 13.0 Å². The van der Waals surface area contributed by atoms with Gasteiger partial charge in [-0.2, -0.15) is 0 Å². The maximum absolute atomic E-state index is 10.4. The molecule has 72 valence electrons. The van der Waals surface area contributed by atoms with E-state index in [1.165, 1.54) is 0 Å². The first kappa shape index (κ1) is 9.66. The minimum atomic E-state index is -0.296. The first-order valence-electron chi connectivity index (χ1n) is 4.02. The van der Waals surface area contributed by atoms with Gasteiger partial charge in [-0.25, -0.2) is 0 Å². The number of amides is 1. The van der Waals surface area contributed by atoms with Gasteiger partial charge in [0.25, 0.3) is 0 Å². The number of primary amides is 1. The molecule has 0 saturated carbocycles. The number of aryl methyl sites for hydroxylation is 1. The lowest BCUT2D eigenvalue weighted by atomic mass is 10.4. The van der Waals surface area contributed by atoms with Gasteiger partial charge in [0.2, 0.25) is 5.91 Å². The first-order chi connectivity index (χ1) is 6.20. The van der Waals surface area contributed by atoms with Gasteiger partial charge in [0, 0.05) is 26.6 Å². The van der Waals surface area contributed by atoms with Crippen LogP contribution in [-0.2, 0) is 18.4 Å². The van der Waals surface area contributed by atoms with E-state index < -0.39 is 0 Å². The smallest absolute Gasteiger partial charge is 0.218 e. The van der Waals surface area contributed by atoms with Crippen LogP contribution in [0.4, 0.5) is 0 Å². The highest BCUT2D eigenvalue weighted by Crippen LogP contribution is 1.91. The van der Waals surface area contributed by atoms with Gasteiger partial charge in [0.15, 0.2) is 0 Å². The van der Waals surface area contributed by atoms with Crippen LogP contribution >= 0.6 is 0 Å². The summed E-state index contributed by atoms with van der Waals surface area (Å²) in [5.74, 6) is -0.296. The summed E-state index contributed by atoms with van der Waals surface area (Å²) in [4.78, 5) is 10.4. The lowest BCUT2D eigenvalue weighted by Gasteiger charge is -2.01. The molecule has 1 aromatic rings. The molecule has 0 unspecified atom stereocenters. The molecule has 0 bridgehead atoms. The maximum atomic E-state index is 10.4. The lowest BCUT2D eigenvalue weighted by molar-refractivity contribution is -0.117. The van der Waals surface area contributed by atoms with Crippen LogP contribution in [0.3, 0.4) is 0 Å². The summed E-state index contributed by atoms with van der Waals surface area (Å²) in [7, 11) is 1.82. The predicted octanol–water partition coefficient (Wildman–Crippen LogP) is -1.22. The SMILES string of the molecule is Cn1nncc1CNCCC(N)=O. The Labute approximate surface area is 76.1 Å². The zero-order valence-corrected chi connectivity index (χ0v) is 7.53. The van der Waals surface area contributed by atoms with Gasteiger partial charge in [-0.05, 0) is 0 Å².